The Hall–Kier alpha value is -2.34. The quantitative estimate of drug-likeness (QED) is 0.677. The first-order valence-corrected chi connectivity index (χ1v) is 10.0. The minimum absolute atomic E-state index is 0.0771. The van der Waals surface area contributed by atoms with E-state index >= 15 is 0 Å². The summed E-state index contributed by atoms with van der Waals surface area (Å²) < 4.78 is 30.9. The Balaban J connectivity index is 1.83. The lowest BCUT2D eigenvalue weighted by atomic mass is 10.0. The Kier molecular flexibility index (Phi) is 3.61. The fraction of sp³-hybridized carbons (Fsp3) is 0.316. The molecule has 0 fully saturated rings. The van der Waals surface area contributed by atoms with Gasteiger partial charge < -0.3 is 0 Å². The summed E-state index contributed by atoms with van der Waals surface area (Å²) in [6, 6.07) is 10.2. The molecule has 0 spiro atoms. The van der Waals surface area contributed by atoms with Gasteiger partial charge in [0.15, 0.2) is 0 Å². The molecule has 0 amide bonds. The minimum Gasteiger partial charge on any atom is -0.267 e. The fourth-order valence-electron chi connectivity index (χ4n) is 3.68. The molecule has 2 heterocycles. The molecule has 0 saturated carbocycles. The predicted octanol–water partition coefficient (Wildman–Crippen LogP) is 2.57. The lowest BCUT2D eigenvalue weighted by molar-refractivity contribution is -0.671. The van der Waals surface area contributed by atoms with Gasteiger partial charge in [-0.05, 0) is 42.3 Å². The third-order valence-corrected chi connectivity index (χ3v) is 6.57. The number of aromatic nitrogens is 2. The molecule has 1 aliphatic rings. The number of rotatable bonds is 3. The molecule has 5 nitrogen and oxygen atoms in total. The zero-order valence-corrected chi connectivity index (χ0v) is 15.5. The van der Waals surface area contributed by atoms with Crippen LogP contribution in [-0.4, -0.2) is 19.0 Å². The Morgan fingerprint density at radius 1 is 1.20 bits per heavy atom. The second-order valence-electron chi connectivity index (χ2n) is 7.02. The van der Waals surface area contributed by atoms with E-state index in [9.17, 15) is 8.42 Å². The van der Waals surface area contributed by atoms with Crippen LogP contribution in [0.2, 0.25) is 0 Å². The van der Waals surface area contributed by atoms with Gasteiger partial charge in [0.1, 0.15) is 18.9 Å². The standard InChI is InChI=1S/C19H22N3O2S/c1-14(2)22-19-7-6-16-5-4-15(11-21-9-8-20(3)13-21)10-17(16)18(19)12-25(22,23)24/h4-10,13-14H,11-12H2,1-3H3/q+1. The summed E-state index contributed by atoms with van der Waals surface area (Å²) in [5.74, 6) is 0.0831. The fourth-order valence-corrected chi connectivity index (χ4v) is 5.60. The van der Waals surface area contributed by atoms with Gasteiger partial charge in [-0.2, -0.15) is 0 Å². The third-order valence-electron chi connectivity index (χ3n) is 4.69. The molecule has 0 bridgehead atoms. The monoisotopic (exact) mass is 356 g/mol. The number of fused-ring (bicyclic) bond motifs is 3. The number of benzene rings is 2. The number of aryl methyl sites for hydroxylation is 1. The summed E-state index contributed by atoms with van der Waals surface area (Å²) in [7, 11) is -1.29. The Morgan fingerprint density at radius 2 is 1.96 bits per heavy atom. The summed E-state index contributed by atoms with van der Waals surface area (Å²) >= 11 is 0. The van der Waals surface area contributed by atoms with E-state index in [2.05, 4.69) is 22.8 Å². The number of sulfonamides is 1. The average Bonchev–Trinajstić information content (AvgIpc) is 3.06. The van der Waals surface area contributed by atoms with Crippen molar-refractivity contribution in [1.82, 2.24) is 4.57 Å². The van der Waals surface area contributed by atoms with E-state index in [0.717, 1.165) is 34.1 Å². The van der Waals surface area contributed by atoms with Crippen LogP contribution in [-0.2, 0) is 29.4 Å². The molecule has 1 aliphatic heterocycles. The Bertz CT molecular complexity index is 1070. The van der Waals surface area contributed by atoms with Crippen molar-refractivity contribution in [3.05, 3.63) is 60.2 Å². The van der Waals surface area contributed by atoms with Crippen LogP contribution in [0.5, 0.6) is 0 Å². The highest BCUT2D eigenvalue weighted by Gasteiger charge is 2.35. The van der Waals surface area contributed by atoms with Crippen LogP contribution in [0, 0.1) is 0 Å². The third kappa shape index (κ3) is 2.70. The second kappa shape index (κ2) is 5.59. The highest BCUT2D eigenvalue weighted by Crippen LogP contribution is 2.39. The first kappa shape index (κ1) is 16.1. The van der Waals surface area contributed by atoms with Crippen LogP contribution in [0.15, 0.2) is 49.1 Å². The Morgan fingerprint density at radius 3 is 2.64 bits per heavy atom. The maximum atomic E-state index is 12.6. The average molecular weight is 356 g/mol. The van der Waals surface area contributed by atoms with E-state index in [-0.39, 0.29) is 11.8 Å². The molecule has 3 aromatic rings. The molecule has 4 rings (SSSR count). The van der Waals surface area contributed by atoms with Gasteiger partial charge in [-0.1, -0.05) is 18.2 Å². The van der Waals surface area contributed by atoms with Crippen LogP contribution in [0.25, 0.3) is 10.8 Å². The molecule has 0 radical (unpaired) electrons. The molecule has 1 aromatic heterocycles. The molecule has 0 N–H and O–H groups in total. The summed E-state index contributed by atoms with van der Waals surface area (Å²) in [5.41, 5.74) is 2.91. The van der Waals surface area contributed by atoms with Gasteiger partial charge in [-0.25, -0.2) is 17.6 Å². The number of hydrogen-bond donors (Lipinski definition) is 0. The predicted molar refractivity (Wildman–Crippen MR) is 98.9 cm³/mol. The van der Waals surface area contributed by atoms with Crippen molar-refractivity contribution in [3.8, 4) is 0 Å². The molecule has 0 atom stereocenters. The maximum absolute atomic E-state index is 12.6. The number of imidazole rings is 1. The minimum atomic E-state index is -3.28. The highest BCUT2D eigenvalue weighted by molar-refractivity contribution is 7.92. The first-order valence-electron chi connectivity index (χ1n) is 8.43. The van der Waals surface area contributed by atoms with Gasteiger partial charge in [0.2, 0.25) is 16.4 Å². The van der Waals surface area contributed by atoms with E-state index in [1.807, 2.05) is 56.3 Å². The van der Waals surface area contributed by atoms with Gasteiger partial charge in [-0.3, -0.25) is 4.31 Å². The molecule has 0 unspecified atom stereocenters. The largest absolute Gasteiger partial charge is 0.267 e. The molecule has 25 heavy (non-hydrogen) atoms. The summed E-state index contributed by atoms with van der Waals surface area (Å²) in [4.78, 5) is 0. The zero-order chi connectivity index (χ0) is 17.8. The maximum Gasteiger partial charge on any atom is 0.243 e. The molecule has 2 aromatic carbocycles. The van der Waals surface area contributed by atoms with Crippen molar-refractivity contribution in [2.75, 3.05) is 4.31 Å². The zero-order valence-electron chi connectivity index (χ0n) is 14.7. The van der Waals surface area contributed by atoms with E-state index in [0.29, 0.717) is 0 Å². The Labute approximate surface area is 148 Å². The van der Waals surface area contributed by atoms with Crippen molar-refractivity contribution in [2.45, 2.75) is 32.2 Å². The van der Waals surface area contributed by atoms with Crippen LogP contribution < -0.4 is 8.87 Å². The van der Waals surface area contributed by atoms with Crippen molar-refractivity contribution in [1.29, 1.82) is 0 Å². The van der Waals surface area contributed by atoms with Crippen LogP contribution >= 0.6 is 0 Å². The summed E-state index contributed by atoms with van der Waals surface area (Å²) in [6.45, 7) is 4.60. The smallest absolute Gasteiger partial charge is 0.243 e. The number of hydrogen-bond acceptors (Lipinski definition) is 2. The second-order valence-corrected chi connectivity index (χ2v) is 8.86. The van der Waals surface area contributed by atoms with Crippen LogP contribution in [0.3, 0.4) is 0 Å². The van der Waals surface area contributed by atoms with Gasteiger partial charge in [0.05, 0.1) is 18.5 Å². The molecule has 130 valence electrons. The van der Waals surface area contributed by atoms with Crippen LogP contribution in [0.4, 0.5) is 5.69 Å². The van der Waals surface area contributed by atoms with Crippen molar-refractivity contribution in [3.63, 3.8) is 0 Å². The van der Waals surface area contributed by atoms with Gasteiger partial charge >= 0.3 is 0 Å². The van der Waals surface area contributed by atoms with Gasteiger partial charge in [0, 0.05) is 11.6 Å². The van der Waals surface area contributed by atoms with Crippen molar-refractivity contribution >= 4 is 26.5 Å². The van der Waals surface area contributed by atoms with Crippen LogP contribution in [0.1, 0.15) is 25.0 Å². The normalized spacial score (nSPS) is 15.9. The van der Waals surface area contributed by atoms with Gasteiger partial charge in [-0.15, -0.1) is 0 Å². The highest BCUT2D eigenvalue weighted by atomic mass is 32.2. The van der Waals surface area contributed by atoms with E-state index in [4.69, 9.17) is 0 Å². The molecule has 0 saturated heterocycles. The summed E-state index contributed by atoms with van der Waals surface area (Å²) in [5, 5.41) is 2.12. The summed E-state index contributed by atoms with van der Waals surface area (Å²) in [6.07, 6.45) is 6.07. The lowest BCUT2D eigenvalue weighted by Gasteiger charge is -2.22. The topological polar surface area (TPSA) is 46.2 Å². The first-order chi connectivity index (χ1) is 11.8. The number of anilines is 1. The molecule has 6 heteroatoms. The van der Waals surface area contributed by atoms with E-state index < -0.39 is 10.0 Å². The number of nitrogens with zero attached hydrogens (tertiary/aromatic N) is 3. The molecular weight excluding hydrogens is 334 g/mol. The van der Waals surface area contributed by atoms with Crippen molar-refractivity contribution < 1.29 is 13.0 Å². The van der Waals surface area contributed by atoms with E-state index in [1.54, 1.807) is 4.31 Å². The molecular formula is C19H22N3O2S+. The van der Waals surface area contributed by atoms with E-state index in [1.165, 1.54) is 0 Å². The van der Waals surface area contributed by atoms with Crippen molar-refractivity contribution in [2.24, 2.45) is 7.05 Å². The molecule has 0 aliphatic carbocycles. The lowest BCUT2D eigenvalue weighted by Crippen LogP contribution is -2.33. The SMILES string of the molecule is CC(C)N1c2ccc3ccc(Cn4cc[n+](C)c4)cc3c2CS1(=O)=O. The van der Waals surface area contributed by atoms with Gasteiger partial charge in [0.25, 0.3) is 0 Å².